The summed E-state index contributed by atoms with van der Waals surface area (Å²) in [7, 11) is 0. The number of alkyl halides is 2. The number of rotatable bonds is 7. The molecule has 104 valence electrons. The number of carbonyl (C=O) groups is 2. The van der Waals surface area contributed by atoms with Gasteiger partial charge in [0.2, 0.25) is 0 Å². The summed E-state index contributed by atoms with van der Waals surface area (Å²) in [6.07, 6.45) is 0.253. The topological polar surface area (TPSA) is 75.6 Å². The van der Waals surface area contributed by atoms with Crippen LogP contribution in [0.3, 0.4) is 0 Å². The summed E-state index contributed by atoms with van der Waals surface area (Å²) in [5.41, 5.74) is 0.175. The molecule has 0 saturated heterocycles. The number of aliphatic carboxylic acids is 1. The third kappa shape index (κ3) is 5.80. The van der Waals surface area contributed by atoms with Gasteiger partial charge >= 0.3 is 12.6 Å². The van der Waals surface area contributed by atoms with Crippen molar-refractivity contribution in [2.24, 2.45) is 0 Å². The van der Waals surface area contributed by atoms with E-state index in [4.69, 9.17) is 5.11 Å². The molecule has 5 nitrogen and oxygen atoms in total. The zero-order valence-electron chi connectivity index (χ0n) is 9.94. The smallest absolute Gasteiger partial charge is 0.387 e. The monoisotopic (exact) mass is 273 g/mol. The van der Waals surface area contributed by atoms with Gasteiger partial charge in [0, 0.05) is 18.5 Å². The molecule has 1 aromatic carbocycles. The summed E-state index contributed by atoms with van der Waals surface area (Å²) in [5, 5.41) is 10.9. The number of benzene rings is 1. The van der Waals surface area contributed by atoms with E-state index in [2.05, 4.69) is 10.1 Å². The Morgan fingerprint density at radius 1 is 1.37 bits per heavy atom. The quantitative estimate of drug-likeness (QED) is 0.744. The van der Waals surface area contributed by atoms with Crippen LogP contribution in [0, 0.1) is 0 Å². The van der Waals surface area contributed by atoms with Gasteiger partial charge in [-0.15, -0.1) is 0 Å². The number of carbonyl (C=O) groups excluding carboxylic acids is 1. The minimum atomic E-state index is -2.95. The maximum absolute atomic E-state index is 12.0. The van der Waals surface area contributed by atoms with Crippen LogP contribution in [0.1, 0.15) is 23.2 Å². The second-order valence-corrected chi connectivity index (χ2v) is 3.66. The predicted octanol–water partition coefficient (Wildman–Crippen LogP) is 1.88. The maximum Gasteiger partial charge on any atom is 0.387 e. The highest BCUT2D eigenvalue weighted by atomic mass is 19.3. The number of carboxylic acid groups (broad SMARTS) is 1. The first-order valence-electron chi connectivity index (χ1n) is 5.54. The van der Waals surface area contributed by atoms with Gasteiger partial charge < -0.3 is 15.2 Å². The summed E-state index contributed by atoms with van der Waals surface area (Å²) in [6, 6.07) is 5.38. The molecule has 1 aromatic rings. The fourth-order valence-corrected chi connectivity index (χ4v) is 1.36. The molecular formula is C12H13F2NO4. The van der Waals surface area contributed by atoms with Crippen LogP contribution in [0.2, 0.25) is 0 Å². The third-order valence-electron chi connectivity index (χ3n) is 2.17. The number of ether oxygens (including phenoxy) is 1. The van der Waals surface area contributed by atoms with Crippen LogP contribution < -0.4 is 10.1 Å². The van der Waals surface area contributed by atoms with Gasteiger partial charge in [0.1, 0.15) is 5.75 Å². The van der Waals surface area contributed by atoms with E-state index in [0.717, 1.165) is 0 Å². The fraction of sp³-hybridized carbons (Fsp3) is 0.333. The lowest BCUT2D eigenvalue weighted by atomic mass is 10.2. The summed E-state index contributed by atoms with van der Waals surface area (Å²) in [6.45, 7) is -2.75. The Morgan fingerprint density at radius 2 is 2.11 bits per heavy atom. The Bertz CT molecular complexity index is 451. The van der Waals surface area contributed by atoms with E-state index in [-0.39, 0.29) is 24.3 Å². The number of amides is 1. The molecule has 1 rings (SSSR count). The SMILES string of the molecule is O=C(O)CCCNC(=O)c1cccc(OC(F)F)c1. The van der Waals surface area contributed by atoms with Crippen molar-refractivity contribution in [2.45, 2.75) is 19.5 Å². The van der Waals surface area contributed by atoms with Crippen molar-refractivity contribution in [3.63, 3.8) is 0 Å². The number of hydrogen-bond acceptors (Lipinski definition) is 3. The van der Waals surface area contributed by atoms with Gasteiger partial charge in [-0.05, 0) is 24.6 Å². The highest BCUT2D eigenvalue weighted by molar-refractivity contribution is 5.94. The second-order valence-electron chi connectivity index (χ2n) is 3.66. The average Bonchev–Trinajstić information content (AvgIpc) is 2.33. The normalized spacial score (nSPS) is 10.3. The Hall–Kier alpha value is -2.18. The molecule has 0 spiro atoms. The largest absolute Gasteiger partial charge is 0.481 e. The summed E-state index contributed by atoms with van der Waals surface area (Å²) < 4.78 is 28.2. The van der Waals surface area contributed by atoms with E-state index < -0.39 is 18.5 Å². The van der Waals surface area contributed by atoms with Crippen LogP contribution in [0.4, 0.5) is 8.78 Å². The third-order valence-corrected chi connectivity index (χ3v) is 2.17. The molecule has 0 radical (unpaired) electrons. The standard InChI is InChI=1S/C12H13F2NO4/c13-12(14)19-9-4-1-3-8(7-9)11(18)15-6-2-5-10(16)17/h1,3-4,7,12H,2,5-6H2,(H,15,18)(H,16,17). The zero-order valence-corrected chi connectivity index (χ0v) is 9.94. The molecule has 0 aliphatic carbocycles. The first-order chi connectivity index (χ1) is 8.99. The number of hydrogen-bond donors (Lipinski definition) is 2. The van der Waals surface area contributed by atoms with Gasteiger partial charge in [-0.25, -0.2) is 0 Å². The predicted molar refractivity (Wildman–Crippen MR) is 62.3 cm³/mol. The Morgan fingerprint density at radius 3 is 2.74 bits per heavy atom. The molecule has 0 unspecified atom stereocenters. The Labute approximate surface area is 108 Å². The van der Waals surface area contributed by atoms with E-state index in [1.165, 1.54) is 24.3 Å². The van der Waals surface area contributed by atoms with E-state index in [1.807, 2.05) is 0 Å². The van der Waals surface area contributed by atoms with Crippen molar-refractivity contribution >= 4 is 11.9 Å². The minimum Gasteiger partial charge on any atom is -0.481 e. The molecule has 19 heavy (non-hydrogen) atoms. The van der Waals surface area contributed by atoms with Crippen molar-refractivity contribution < 1.29 is 28.2 Å². The molecule has 1 amide bonds. The lowest BCUT2D eigenvalue weighted by Crippen LogP contribution is -2.24. The van der Waals surface area contributed by atoms with Gasteiger partial charge in [-0.1, -0.05) is 6.07 Å². The highest BCUT2D eigenvalue weighted by Crippen LogP contribution is 2.15. The van der Waals surface area contributed by atoms with Crippen LogP contribution in [-0.2, 0) is 4.79 Å². The fourth-order valence-electron chi connectivity index (χ4n) is 1.36. The molecule has 0 aliphatic heterocycles. The van der Waals surface area contributed by atoms with Gasteiger partial charge in [0.25, 0.3) is 5.91 Å². The highest BCUT2D eigenvalue weighted by Gasteiger charge is 2.09. The summed E-state index contributed by atoms with van der Waals surface area (Å²) in [5.74, 6) is -1.51. The summed E-state index contributed by atoms with van der Waals surface area (Å²) in [4.78, 5) is 21.9. The lowest BCUT2D eigenvalue weighted by molar-refractivity contribution is -0.137. The van der Waals surface area contributed by atoms with E-state index in [0.29, 0.717) is 6.42 Å². The van der Waals surface area contributed by atoms with Crippen molar-refractivity contribution in [1.29, 1.82) is 0 Å². The maximum atomic E-state index is 12.0. The van der Waals surface area contributed by atoms with Crippen molar-refractivity contribution in [2.75, 3.05) is 6.54 Å². The van der Waals surface area contributed by atoms with Crippen LogP contribution in [-0.4, -0.2) is 30.1 Å². The lowest BCUT2D eigenvalue weighted by Gasteiger charge is -2.07. The molecule has 0 bridgehead atoms. The number of nitrogens with one attached hydrogen (secondary N) is 1. The van der Waals surface area contributed by atoms with Crippen LogP contribution in [0.25, 0.3) is 0 Å². The van der Waals surface area contributed by atoms with Gasteiger partial charge in [-0.2, -0.15) is 8.78 Å². The molecule has 2 N–H and O–H groups in total. The van der Waals surface area contributed by atoms with Gasteiger partial charge in [0.15, 0.2) is 0 Å². The first kappa shape index (κ1) is 14.9. The van der Waals surface area contributed by atoms with Crippen LogP contribution in [0.5, 0.6) is 5.75 Å². The van der Waals surface area contributed by atoms with E-state index >= 15 is 0 Å². The molecule has 0 saturated carbocycles. The Kier molecular flexibility index (Phi) is 5.72. The van der Waals surface area contributed by atoms with Crippen LogP contribution in [0.15, 0.2) is 24.3 Å². The molecule has 0 atom stereocenters. The van der Waals surface area contributed by atoms with Crippen molar-refractivity contribution in [1.82, 2.24) is 5.32 Å². The van der Waals surface area contributed by atoms with E-state index in [9.17, 15) is 18.4 Å². The molecule has 7 heteroatoms. The molecular weight excluding hydrogens is 260 g/mol. The van der Waals surface area contributed by atoms with Crippen LogP contribution >= 0.6 is 0 Å². The molecule has 0 fully saturated rings. The average molecular weight is 273 g/mol. The summed E-state index contributed by atoms with van der Waals surface area (Å²) >= 11 is 0. The number of halogens is 2. The molecule has 0 heterocycles. The second kappa shape index (κ2) is 7.30. The number of carboxylic acids is 1. The van der Waals surface area contributed by atoms with Crippen molar-refractivity contribution in [3.8, 4) is 5.75 Å². The Balaban J connectivity index is 2.49. The van der Waals surface area contributed by atoms with Gasteiger partial charge in [0.05, 0.1) is 0 Å². The minimum absolute atomic E-state index is 0.0468. The molecule has 0 aromatic heterocycles. The first-order valence-corrected chi connectivity index (χ1v) is 5.54. The van der Waals surface area contributed by atoms with E-state index in [1.54, 1.807) is 0 Å². The zero-order chi connectivity index (χ0) is 14.3. The van der Waals surface area contributed by atoms with Gasteiger partial charge in [-0.3, -0.25) is 9.59 Å². The van der Waals surface area contributed by atoms with Crippen molar-refractivity contribution in [3.05, 3.63) is 29.8 Å². The molecule has 0 aliphatic rings.